The van der Waals surface area contributed by atoms with Gasteiger partial charge in [0.05, 0.1) is 12.7 Å². The molecule has 5 heteroatoms. The number of ether oxygens (including phenoxy) is 1. The Hall–Kier alpha value is -0.650. The summed E-state index contributed by atoms with van der Waals surface area (Å²) in [5, 5.41) is 20.4. The van der Waals surface area contributed by atoms with Crippen LogP contribution in [0.3, 0.4) is 0 Å². The molecule has 0 aromatic carbocycles. The topological polar surface area (TPSA) is 78.8 Å². The second-order valence-electron chi connectivity index (χ2n) is 2.91. The van der Waals surface area contributed by atoms with Crippen LogP contribution in [0.5, 0.6) is 0 Å². The van der Waals surface area contributed by atoms with Crippen LogP contribution in [-0.2, 0) is 9.53 Å². The number of aliphatic hydroxyl groups is 1. The van der Waals surface area contributed by atoms with Crippen LogP contribution in [0.4, 0.5) is 0 Å². The molecule has 2 unspecified atom stereocenters. The normalized spacial score (nSPS) is 15.3. The lowest BCUT2D eigenvalue weighted by molar-refractivity contribution is -0.139. The molecule has 0 bridgehead atoms. The van der Waals surface area contributed by atoms with Gasteiger partial charge in [0.2, 0.25) is 0 Å². The third kappa shape index (κ3) is 6.51. The van der Waals surface area contributed by atoms with Crippen LogP contribution in [0.15, 0.2) is 0 Å². The Balaban J connectivity index is 3.39. The predicted octanol–water partition coefficient (Wildman–Crippen LogP) is -0.553. The fourth-order valence-electron chi connectivity index (χ4n) is 0.829. The Morgan fingerprint density at radius 1 is 1.62 bits per heavy atom. The molecule has 2 atom stereocenters. The van der Waals surface area contributed by atoms with Crippen LogP contribution < -0.4 is 5.32 Å². The summed E-state index contributed by atoms with van der Waals surface area (Å²) < 4.78 is 4.71. The zero-order valence-electron chi connectivity index (χ0n) is 7.99. The molecule has 3 N–H and O–H groups in total. The maximum atomic E-state index is 10.4. The molecule has 0 rings (SSSR count). The number of methoxy groups -OCH3 is 1. The van der Waals surface area contributed by atoms with E-state index >= 15 is 0 Å². The van der Waals surface area contributed by atoms with Crippen LogP contribution in [0.25, 0.3) is 0 Å². The van der Waals surface area contributed by atoms with Gasteiger partial charge in [-0.3, -0.25) is 4.79 Å². The Kier molecular flexibility index (Phi) is 6.48. The first-order chi connectivity index (χ1) is 6.07. The highest BCUT2D eigenvalue weighted by molar-refractivity contribution is 5.72. The average molecular weight is 191 g/mol. The van der Waals surface area contributed by atoms with E-state index in [1.54, 1.807) is 6.92 Å². The second kappa shape index (κ2) is 6.82. The molecule has 0 aliphatic rings. The summed E-state index contributed by atoms with van der Waals surface area (Å²) in [6.45, 7) is 2.31. The van der Waals surface area contributed by atoms with Gasteiger partial charge in [-0.2, -0.15) is 0 Å². The van der Waals surface area contributed by atoms with Crippen LogP contribution in [0.1, 0.15) is 13.3 Å². The quantitative estimate of drug-likeness (QED) is 0.503. The van der Waals surface area contributed by atoms with E-state index in [1.165, 1.54) is 7.11 Å². The largest absolute Gasteiger partial charge is 0.480 e. The van der Waals surface area contributed by atoms with E-state index in [2.05, 4.69) is 5.32 Å². The molecule has 13 heavy (non-hydrogen) atoms. The summed E-state index contributed by atoms with van der Waals surface area (Å²) in [4.78, 5) is 10.4. The predicted molar refractivity (Wildman–Crippen MR) is 47.6 cm³/mol. The minimum absolute atomic E-state index is 0.281. The Bertz CT molecular complexity index is 151. The second-order valence-corrected chi connectivity index (χ2v) is 2.91. The molecule has 0 saturated carbocycles. The van der Waals surface area contributed by atoms with Gasteiger partial charge in [0.25, 0.3) is 0 Å². The number of nitrogens with one attached hydrogen (secondary N) is 1. The van der Waals surface area contributed by atoms with E-state index in [9.17, 15) is 9.90 Å². The monoisotopic (exact) mass is 191 g/mol. The Morgan fingerprint density at radius 2 is 2.23 bits per heavy atom. The van der Waals surface area contributed by atoms with Crippen LogP contribution in [0.2, 0.25) is 0 Å². The molecule has 0 heterocycles. The van der Waals surface area contributed by atoms with Crippen molar-refractivity contribution in [2.75, 3.05) is 20.3 Å². The van der Waals surface area contributed by atoms with Gasteiger partial charge in [-0.1, -0.05) is 0 Å². The number of aliphatic hydroxyl groups excluding tert-OH is 1. The van der Waals surface area contributed by atoms with E-state index in [0.29, 0.717) is 13.0 Å². The van der Waals surface area contributed by atoms with Gasteiger partial charge in [0.15, 0.2) is 0 Å². The fourth-order valence-corrected chi connectivity index (χ4v) is 0.829. The fraction of sp³-hybridized carbons (Fsp3) is 0.875. The first-order valence-electron chi connectivity index (χ1n) is 4.21. The summed E-state index contributed by atoms with van der Waals surface area (Å²) in [6.07, 6.45) is -0.0376. The molecule has 0 aliphatic heterocycles. The SMILES string of the molecule is COCC(O)CCNC(C)C(=O)O. The molecule has 0 spiro atoms. The van der Waals surface area contributed by atoms with E-state index in [-0.39, 0.29) is 6.61 Å². The molecular weight excluding hydrogens is 174 g/mol. The summed E-state index contributed by atoms with van der Waals surface area (Å²) in [6, 6.07) is -0.574. The van der Waals surface area contributed by atoms with Crippen molar-refractivity contribution in [2.24, 2.45) is 0 Å². The minimum atomic E-state index is -0.888. The average Bonchev–Trinajstić information content (AvgIpc) is 2.04. The summed E-state index contributed by atoms with van der Waals surface area (Å²) in [5.41, 5.74) is 0. The minimum Gasteiger partial charge on any atom is -0.480 e. The lowest BCUT2D eigenvalue weighted by atomic mass is 10.2. The molecule has 0 amide bonds. The van der Waals surface area contributed by atoms with Crippen molar-refractivity contribution < 1.29 is 19.7 Å². The van der Waals surface area contributed by atoms with Gasteiger partial charge in [-0.25, -0.2) is 0 Å². The van der Waals surface area contributed by atoms with E-state index < -0.39 is 18.1 Å². The van der Waals surface area contributed by atoms with Gasteiger partial charge in [0, 0.05) is 7.11 Å². The van der Waals surface area contributed by atoms with Crippen LogP contribution in [-0.4, -0.2) is 48.6 Å². The molecule has 0 fully saturated rings. The smallest absolute Gasteiger partial charge is 0.320 e. The Labute approximate surface area is 77.7 Å². The molecule has 5 nitrogen and oxygen atoms in total. The highest BCUT2D eigenvalue weighted by Gasteiger charge is 2.10. The molecule has 0 aromatic rings. The zero-order valence-corrected chi connectivity index (χ0v) is 7.99. The van der Waals surface area contributed by atoms with E-state index in [1.807, 2.05) is 0 Å². The number of hydrogen-bond donors (Lipinski definition) is 3. The number of carboxylic acids is 1. The van der Waals surface area contributed by atoms with Crippen molar-refractivity contribution in [2.45, 2.75) is 25.5 Å². The Morgan fingerprint density at radius 3 is 2.69 bits per heavy atom. The summed E-state index contributed by atoms with van der Waals surface area (Å²) in [5.74, 6) is -0.888. The van der Waals surface area contributed by atoms with Crippen molar-refractivity contribution in [1.82, 2.24) is 5.32 Å². The third-order valence-corrected chi connectivity index (χ3v) is 1.66. The number of hydrogen-bond acceptors (Lipinski definition) is 4. The first-order valence-corrected chi connectivity index (χ1v) is 4.21. The number of aliphatic carboxylic acids is 1. The zero-order chi connectivity index (χ0) is 10.3. The van der Waals surface area contributed by atoms with Crippen LogP contribution >= 0.6 is 0 Å². The molecule has 0 saturated heterocycles. The standard InChI is InChI=1S/C8H17NO4/c1-6(8(11)12)9-4-3-7(10)5-13-2/h6-7,9-10H,3-5H2,1-2H3,(H,11,12). The van der Waals surface area contributed by atoms with Gasteiger partial charge < -0.3 is 20.3 Å². The van der Waals surface area contributed by atoms with Crippen molar-refractivity contribution in [1.29, 1.82) is 0 Å². The number of carboxylic acid groups (broad SMARTS) is 1. The maximum absolute atomic E-state index is 10.4. The highest BCUT2D eigenvalue weighted by atomic mass is 16.5. The molecule has 0 radical (unpaired) electrons. The van der Waals surface area contributed by atoms with Gasteiger partial charge >= 0.3 is 5.97 Å². The lowest BCUT2D eigenvalue weighted by Gasteiger charge is -2.12. The number of carbonyl (C=O) groups is 1. The van der Waals surface area contributed by atoms with Gasteiger partial charge in [0.1, 0.15) is 6.04 Å². The molecule has 0 aromatic heterocycles. The third-order valence-electron chi connectivity index (χ3n) is 1.66. The van der Waals surface area contributed by atoms with E-state index in [4.69, 9.17) is 9.84 Å². The van der Waals surface area contributed by atoms with Crippen molar-refractivity contribution >= 4 is 5.97 Å². The molecule has 78 valence electrons. The molecular formula is C8H17NO4. The van der Waals surface area contributed by atoms with Crippen molar-refractivity contribution in [3.8, 4) is 0 Å². The number of rotatable bonds is 7. The summed E-state index contributed by atoms with van der Waals surface area (Å²) >= 11 is 0. The van der Waals surface area contributed by atoms with Gasteiger partial charge in [-0.15, -0.1) is 0 Å². The summed E-state index contributed by atoms with van der Waals surface area (Å²) in [7, 11) is 1.51. The highest BCUT2D eigenvalue weighted by Crippen LogP contribution is 1.91. The van der Waals surface area contributed by atoms with Crippen molar-refractivity contribution in [3.63, 3.8) is 0 Å². The lowest BCUT2D eigenvalue weighted by Crippen LogP contribution is -2.35. The first kappa shape index (κ1) is 12.3. The molecule has 0 aliphatic carbocycles. The van der Waals surface area contributed by atoms with Gasteiger partial charge in [-0.05, 0) is 19.9 Å². The van der Waals surface area contributed by atoms with E-state index in [0.717, 1.165) is 0 Å². The maximum Gasteiger partial charge on any atom is 0.320 e. The van der Waals surface area contributed by atoms with Crippen LogP contribution in [0, 0.1) is 0 Å². The van der Waals surface area contributed by atoms with Crippen molar-refractivity contribution in [3.05, 3.63) is 0 Å².